The lowest BCUT2D eigenvalue weighted by Gasteiger charge is -2.10. The highest BCUT2D eigenvalue weighted by molar-refractivity contribution is 6.12. The number of methoxy groups -OCH3 is 2. The minimum Gasteiger partial charge on any atom is -0.493 e. The molecule has 0 aliphatic rings. The Morgan fingerprint density at radius 2 is 1.71 bits per heavy atom. The third kappa shape index (κ3) is 5.16. The van der Waals surface area contributed by atoms with Crippen molar-refractivity contribution in [2.45, 2.75) is 13.3 Å². The van der Waals surface area contributed by atoms with Crippen LogP contribution in [0, 0.1) is 5.41 Å². The van der Waals surface area contributed by atoms with Gasteiger partial charge in [-0.05, 0) is 30.7 Å². The molecule has 0 atom stereocenters. The molecule has 0 saturated heterocycles. The van der Waals surface area contributed by atoms with Crippen molar-refractivity contribution in [1.82, 2.24) is 5.32 Å². The van der Waals surface area contributed by atoms with Gasteiger partial charge in [0, 0.05) is 11.3 Å². The van der Waals surface area contributed by atoms with Gasteiger partial charge in [-0.25, -0.2) is 9.79 Å². The molecule has 8 heteroatoms. The minimum atomic E-state index is -1.09. The van der Waals surface area contributed by atoms with Gasteiger partial charge in [0.25, 0.3) is 0 Å². The second-order valence-electron chi connectivity index (χ2n) is 5.81. The molecular formula is C20H21N3O5. The predicted octanol–water partition coefficient (Wildman–Crippen LogP) is 2.50. The van der Waals surface area contributed by atoms with Crippen LogP contribution in [0.1, 0.15) is 28.4 Å². The summed E-state index contributed by atoms with van der Waals surface area (Å²) in [5, 5.41) is 19.5. The first-order chi connectivity index (χ1) is 13.3. The molecule has 3 N–H and O–H groups in total. The van der Waals surface area contributed by atoms with E-state index in [-0.39, 0.29) is 17.9 Å². The second-order valence-corrected chi connectivity index (χ2v) is 5.81. The number of carboxylic acids is 1. The zero-order chi connectivity index (χ0) is 20.7. The van der Waals surface area contributed by atoms with Gasteiger partial charge in [-0.2, -0.15) is 0 Å². The van der Waals surface area contributed by atoms with E-state index in [9.17, 15) is 14.7 Å². The largest absolute Gasteiger partial charge is 0.493 e. The zero-order valence-electron chi connectivity index (χ0n) is 15.8. The quantitative estimate of drug-likeness (QED) is 0.523. The van der Waals surface area contributed by atoms with Crippen LogP contribution >= 0.6 is 0 Å². The van der Waals surface area contributed by atoms with Crippen LogP contribution in [0.2, 0.25) is 0 Å². The van der Waals surface area contributed by atoms with Gasteiger partial charge >= 0.3 is 5.97 Å². The molecule has 0 spiro atoms. The van der Waals surface area contributed by atoms with Crippen molar-refractivity contribution in [3.8, 4) is 11.5 Å². The molecular weight excluding hydrogens is 362 g/mol. The number of carboxylic acid groups (broad SMARTS) is 1. The molecule has 0 unspecified atom stereocenters. The molecule has 0 fully saturated rings. The third-order valence-corrected chi connectivity index (χ3v) is 3.90. The molecule has 0 aromatic heterocycles. The van der Waals surface area contributed by atoms with Crippen LogP contribution in [0.15, 0.2) is 47.5 Å². The van der Waals surface area contributed by atoms with Crippen LogP contribution in [0.25, 0.3) is 0 Å². The summed E-state index contributed by atoms with van der Waals surface area (Å²) in [4.78, 5) is 27.5. The van der Waals surface area contributed by atoms with E-state index in [1.54, 1.807) is 43.3 Å². The van der Waals surface area contributed by atoms with E-state index in [0.717, 1.165) is 0 Å². The van der Waals surface area contributed by atoms with Crippen molar-refractivity contribution in [3.63, 3.8) is 0 Å². The molecule has 0 aliphatic heterocycles. The number of amides is 1. The van der Waals surface area contributed by atoms with Gasteiger partial charge in [0.15, 0.2) is 11.5 Å². The smallest absolute Gasteiger partial charge is 0.336 e. The third-order valence-electron chi connectivity index (χ3n) is 3.90. The van der Waals surface area contributed by atoms with Gasteiger partial charge in [-0.15, -0.1) is 0 Å². The monoisotopic (exact) mass is 383 g/mol. The lowest BCUT2D eigenvalue weighted by atomic mass is 10.0. The van der Waals surface area contributed by atoms with Crippen LogP contribution in [-0.4, -0.2) is 42.9 Å². The van der Waals surface area contributed by atoms with Crippen LogP contribution in [0.4, 0.5) is 0 Å². The molecule has 8 nitrogen and oxygen atoms in total. The average molecular weight is 383 g/mol. The van der Waals surface area contributed by atoms with Gasteiger partial charge in [-0.3, -0.25) is 15.5 Å². The fraction of sp³-hybridized carbons (Fsp3) is 0.200. The number of aliphatic imine (C=N–C) groups is 1. The van der Waals surface area contributed by atoms with E-state index < -0.39 is 11.9 Å². The van der Waals surface area contributed by atoms with Crippen molar-refractivity contribution >= 4 is 23.5 Å². The summed E-state index contributed by atoms with van der Waals surface area (Å²) in [6.45, 7) is 1.58. The van der Waals surface area contributed by atoms with E-state index in [1.165, 1.54) is 20.3 Å². The summed E-state index contributed by atoms with van der Waals surface area (Å²) in [5.74, 6) is -0.837. The lowest BCUT2D eigenvalue weighted by molar-refractivity contribution is -0.119. The molecule has 0 aliphatic carbocycles. The maximum absolute atomic E-state index is 12.2. The van der Waals surface area contributed by atoms with E-state index >= 15 is 0 Å². The number of benzene rings is 2. The molecule has 2 aromatic carbocycles. The molecule has 0 heterocycles. The van der Waals surface area contributed by atoms with E-state index in [4.69, 9.17) is 14.9 Å². The van der Waals surface area contributed by atoms with Crippen molar-refractivity contribution < 1.29 is 24.2 Å². The zero-order valence-corrected chi connectivity index (χ0v) is 15.8. The first-order valence-electron chi connectivity index (χ1n) is 8.33. The van der Waals surface area contributed by atoms with Crippen molar-refractivity contribution in [1.29, 1.82) is 5.41 Å². The maximum atomic E-state index is 12.2. The van der Waals surface area contributed by atoms with Crippen LogP contribution < -0.4 is 14.8 Å². The van der Waals surface area contributed by atoms with Crippen molar-refractivity contribution in [3.05, 3.63) is 59.2 Å². The molecule has 0 saturated carbocycles. The SMILES string of the molecule is COc1ccc(CC(=O)NC(=N)N=C(C)c2ccccc2C(=O)O)cc1OC. The number of hydrogen-bond donors (Lipinski definition) is 3. The first kappa shape index (κ1) is 20.6. The number of hydrogen-bond acceptors (Lipinski definition) is 5. The number of rotatable bonds is 6. The van der Waals surface area contributed by atoms with Gasteiger partial charge in [0.2, 0.25) is 11.9 Å². The Kier molecular flexibility index (Phi) is 6.86. The first-order valence-corrected chi connectivity index (χ1v) is 8.33. The molecule has 2 aromatic rings. The van der Waals surface area contributed by atoms with Gasteiger partial charge in [0.05, 0.1) is 26.2 Å². The van der Waals surface area contributed by atoms with Gasteiger partial charge in [-0.1, -0.05) is 24.3 Å². The van der Waals surface area contributed by atoms with E-state index in [0.29, 0.717) is 28.3 Å². The molecule has 28 heavy (non-hydrogen) atoms. The Balaban J connectivity index is 2.07. The van der Waals surface area contributed by atoms with E-state index in [2.05, 4.69) is 10.3 Å². The molecule has 2 rings (SSSR count). The average Bonchev–Trinajstić information content (AvgIpc) is 2.67. The van der Waals surface area contributed by atoms with Crippen molar-refractivity contribution in [2.75, 3.05) is 14.2 Å². The molecule has 1 amide bonds. The Labute approximate surface area is 162 Å². The minimum absolute atomic E-state index is 0.0169. The Morgan fingerprint density at radius 3 is 2.32 bits per heavy atom. The summed E-state index contributed by atoms with van der Waals surface area (Å²) >= 11 is 0. The number of ether oxygens (including phenoxy) is 2. The van der Waals surface area contributed by atoms with E-state index in [1.807, 2.05) is 0 Å². The van der Waals surface area contributed by atoms with Gasteiger partial charge in [0.1, 0.15) is 0 Å². The summed E-state index contributed by atoms with van der Waals surface area (Å²) in [6.07, 6.45) is 0.0169. The number of nitrogens with zero attached hydrogens (tertiary/aromatic N) is 1. The Bertz CT molecular complexity index is 937. The standard InChI is InChI=1S/C20H21N3O5/c1-12(14-6-4-5-7-15(14)19(25)26)22-20(21)23-18(24)11-13-8-9-16(27-2)17(10-13)28-3/h4-10H,11H2,1-3H3,(H,25,26)(H2,21,23,24). The Hall–Kier alpha value is -3.68. The molecule has 146 valence electrons. The Morgan fingerprint density at radius 1 is 1.07 bits per heavy atom. The highest BCUT2D eigenvalue weighted by Gasteiger charge is 2.13. The second kappa shape index (κ2) is 9.31. The normalized spacial score (nSPS) is 10.9. The highest BCUT2D eigenvalue weighted by Crippen LogP contribution is 2.27. The number of aromatic carboxylic acids is 1. The number of carbonyl (C=O) groups is 2. The summed E-state index contributed by atoms with van der Waals surface area (Å²) < 4.78 is 10.4. The van der Waals surface area contributed by atoms with Crippen molar-refractivity contribution in [2.24, 2.45) is 4.99 Å². The summed E-state index contributed by atoms with van der Waals surface area (Å²) in [6, 6.07) is 11.4. The lowest BCUT2D eigenvalue weighted by Crippen LogP contribution is -2.30. The predicted molar refractivity (Wildman–Crippen MR) is 105 cm³/mol. The number of nitrogens with one attached hydrogen (secondary N) is 2. The van der Waals surface area contributed by atoms with Crippen LogP contribution in [0.5, 0.6) is 11.5 Å². The fourth-order valence-corrected chi connectivity index (χ4v) is 2.59. The van der Waals surface area contributed by atoms with Gasteiger partial charge < -0.3 is 14.6 Å². The molecule has 0 radical (unpaired) electrons. The summed E-state index contributed by atoms with van der Waals surface area (Å²) in [5.41, 5.74) is 1.45. The fourth-order valence-electron chi connectivity index (χ4n) is 2.59. The molecule has 0 bridgehead atoms. The van der Waals surface area contributed by atoms with Crippen LogP contribution in [0.3, 0.4) is 0 Å². The number of carbonyl (C=O) groups excluding carboxylic acids is 1. The number of guanidine groups is 1. The maximum Gasteiger partial charge on any atom is 0.336 e. The summed E-state index contributed by atoms with van der Waals surface area (Å²) in [7, 11) is 3.03. The highest BCUT2D eigenvalue weighted by atomic mass is 16.5. The van der Waals surface area contributed by atoms with Crippen LogP contribution in [-0.2, 0) is 11.2 Å². The topological polar surface area (TPSA) is 121 Å².